The Hall–Kier alpha value is -0.870. The molecular formula is C13H17ClN2OS. The van der Waals surface area contributed by atoms with Crippen LogP contribution in [0.1, 0.15) is 18.4 Å². The number of nitrogen functional groups attached to an aromatic ring is 1. The van der Waals surface area contributed by atoms with Gasteiger partial charge in [0.1, 0.15) is 0 Å². The number of hydrogen-bond acceptors (Lipinski definition) is 3. The van der Waals surface area contributed by atoms with Crippen LogP contribution in [-0.4, -0.2) is 29.6 Å². The van der Waals surface area contributed by atoms with E-state index in [2.05, 4.69) is 0 Å². The molecule has 0 saturated carbocycles. The van der Waals surface area contributed by atoms with Crippen LogP contribution in [0.5, 0.6) is 0 Å². The molecule has 18 heavy (non-hydrogen) atoms. The van der Waals surface area contributed by atoms with Crippen molar-refractivity contribution in [1.82, 2.24) is 4.90 Å². The molecule has 98 valence electrons. The Labute approximate surface area is 117 Å². The van der Waals surface area contributed by atoms with E-state index in [1.165, 1.54) is 0 Å². The molecule has 0 aromatic heterocycles. The van der Waals surface area contributed by atoms with Crippen molar-refractivity contribution in [3.63, 3.8) is 0 Å². The second-order valence-electron chi connectivity index (χ2n) is 4.39. The van der Waals surface area contributed by atoms with E-state index in [0.717, 1.165) is 31.5 Å². The Bertz CT molecular complexity index is 413. The van der Waals surface area contributed by atoms with Crippen molar-refractivity contribution in [2.75, 3.05) is 24.6 Å². The number of halogens is 1. The minimum Gasteiger partial charge on any atom is -0.398 e. The highest BCUT2D eigenvalue weighted by molar-refractivity contribution is 7.99. The van der Waals surface area contributed by atoms with Gasteiger partial charge in [-0.05, 0) is 25.0 Å². The number of nitrogens with zero attached hydrogens (tertiary/aromatic N) is 1. The lowest BCUT2D eigenvalue weighted by Gasteiger charge is -2.15. The number of carbonyl (C=O) groups is 1. The fourth-order valence-corrected chi connectivity index (χ4v) is 3.34. The SMILES string of the molecule is Nc1cccc(Cl)c1CSCC(=O)N1CCCC1. The van der Waals surface area contributed by atoms with Gasteiger partial charge < -0.3 is 10.6 Å². The zero-order chi connectivity index (χ0) is 13.0. The highest BCUT2D eigenvalue weighted by Gasteiger charge is 2.17. The number of thioether (sulfide) groups is 1. The number of hydrogen-bond donors (Lipinski definition) is 1. The number of benzene rings is 1. The third kappa shape index (κ3) is 3.33. The fraction of sp³-hybridized carbons (Fsp3) is 0.462. The maximum absolute atomic E-state index is 11.8. The normalized spacial score (nSPS) is 15.1. The van der Waals surface area contributed by atoms with Crippen LogP contribution in [0.15, 0.2) is 18.2 Å². The summed E-state index contributed by atoms with van der Waals surface area (Å²) >= 11 is 7.66. The van der Waals surface area contributed by atoms with E-state index in [1.54, 1.807) is 11.8 Å². The van der Waals surface area contributed by atoms with Crippen LogP contribution in [0.3, 0.4) is 0 Å². The molecule has 1 fully saturated rings. The van der Waals surface area contributed by atoms with Crippen LogP contribution < -0.4 is 5.73 Å². The third-order valence-corrected chi connectivity index (χ3v) is 4.38. The van der Waals surface area contributed by atoms with Crippen molar-refractivity contribution >= 4 is 35.0 Å². The van der Waals surface area contributed by atoms with Crippen LogP contribution in [0.25, 0.3) is 0 Å². The quantitative estimate of drug-likeness (QED) is 0.865. The zero-order valence-electron chi connectivity index (χ0n) is 10.2. The van der Waals surface area contributed by atoms with E-state index in [9.17, 15) is 4.79 Å². The minimum absolute atomic E-state index is 0.225. The predicted molar refractivity (Wildman–Crippen MR) is 77.8 cm³/mol. The first-order valence-corrected chi connectivity index (χ1v) is 7.60. The maximum Gasteiger partial charge on any atom is 0.232 e. The van der Waals surface area contributed by atoms with Crippen molar-refractivity contribution in [3.05, 3.63) is 28.8 Å². The lowest BCUT2D eigenvalue weighted by atomic mass is 10.2. The Morgan fingerprint density at radius 2 is 2.11 bits per heavy atom. The Balaban J connectivity index is 1.83. The summed E-state index contributed by atoms with van der Waals surface area (Å²) in [5.41, 5.74) is 7.49. The van der Waals surface area contributed by atoms with Gasteiger partial charge in [0.15, 0.2) is 0 Å². The van der Waals surface area contributed by atoms with Crippen molar-refractivity contribution in [3.8, 4) is 0 Å². The van der Waals surface area contributed by atoms with Gasteiger partial charge in [-0.2, -0.15) is 0 Å². The summed E-state index contributed by atoms with van der Waals surface area (Å²) < 4.78 is 0. The molecule has 2 rings (SSSR count). The summed E-state index contributed by atoms with van der Waals surface area (Å²) in [6.07, 6.45) is 2.27. The standard InChI is InChI=1S/C13H17ClN2OS/c14-11-4-3-5-12(15)10(11)8-18-9-13(17)16-6-1-2-7-16/h3-5H,1-2,6-9,15H2. The number of carbonyl (C=O) groups excluding carboxylic acids is 1. The second kappa shape index (κ2) is 6.34. The Kier molecular flexibility index (Phi) is 4.78. The van der Waals surface area contributed by atoms with Crippen molar-refractivity contribution in [2.45, 2.75) is 18.6 Å². The van der Waals surface area contributed by atoms with Gasteiger partial charge in [-0.15, -0.1) is 11.8 Å². The number of anilines is 1. The fourth-order valence-electron chi connectivity index (χ4n) is 2.03. The van der Waals surface area contributed by atoms with E-state index >= 15 is 0 Å². The lowest BCUT2D eigenvalue weighted by Crippen LogP contribution is -2.29. The van der Waals surface area contributed by atoms with Gasteiger partial charge in [0, 0.05) is 35.1 Å². The van der Waals surface area contributed by atoms with Crippen LogP contribution >= 0.6 is 23.4 Å². The topological polar surface area (TPSA) is 46.3 Å². The second-order valence-corrected chi connectivity index (χ2v) is 5.78. The van der Waals surface area contributed by atoms with Gasteiger partial charge in [-0.25, -0.2) is 0 Å². The van der Waals surface area contributed by atoms with Crippen molar-refractivity contribution in [2.24, 2.45) is 0 Å². The van der Waals surface area contributed by atoms with Crippen molar-refractivity contribution < 1.29 is 4.79 Å². The zero-order valence-corrected chi connectivity index (χ0v) is 11.8. The number of likely N-dealkylation sites (tertiary alicyclic amines) is 1. The maximum atomic E-state index is 11.8. The largest absolute Gasteiger partial charge is 0.398 e. The summed E-state index contributed by atoms with van der Waals surface area (Å²) in [4.78, 5) is 13.8. The average Bonchev–Trinajstić information content (AvgIpc) is 2.86. The monoisotopic (exact) mass is 284 g/mol. The van der Waals surface area contributed by atoms with Crippen LogP contribution in [0.2, 0.25) is 5.02 Å². The predicted octanol–water partition coefficient (Wildman–Crippen LogP) is 2.78. The molecule has 0 atom stereocenters. The van der Waals surface area contributed by atoms with Crippen LogP contribution in [-0.2, 0) is 10.5 Å². The number of rotatable bonds is 4. The molecule has 5 heteroatoms. The van der Waals surface area contributed by atoms with Crippen LogP contribution in [0, 0.1) is 0 Å². The summed E-state index contributed by atoms with van der Waals surface area (Å²) in [6, 6.07) is 5.50. The molecule has 2 N–H and O–H groups in total. The van der Waals surface area contributed by atoms with Gasteiger partial charge in [0.25, 0.3) is 0 Å². The van der Waals surface area contributed by atoms with Crippen molar-refractivity contribution in [1.29, 1.82) is 0 Å². The smallest absolute Gasteiger partial charge is 0.232 e. The minimum atomic E-state index is 0.225. The van der Waals surface area contributed by atoms with E-state index in [-0.39, 0.29) is 5.91 Å². The summed E-state index contributed by atoms with van der Waals surface area (Å²) in [7, 11) is 0. The Morgan fingerprint density at radius 1 is 1.39 bits per heavy atom. The first-order chi connectivity index (χ1) is 8.68. The number of amides is 1. The first-order valence-electron chi connectivity index (χ1n) is 6.07. The molecule has 1 aliphatic rings. The highest BCUT2D eigenvalue weighted by Crippen LogP contribution is 2.26. The molecule has 0 bridgehead atoms. The molecule has 0 unspecified atom stereocenters. The first kappa shape index (κ1) is 13.6. The molecule has 0 radical (unpaired) electrons. The molecular weight excluding hydrogens is 268 g/mol. The molecule has 1 aromatic carbocycles. The highest BCUT2D eigenvalue weighted by atomic mass is 35.5. The summed E-state index contributed by atoms with van der Waals surface area (Å²) in [6.45, 7) is 1.82. The molecule has 1 aromatic rings. The average molecular weight is 285 g/mol. The molecule has 1 saturated heterocycles. The van der Waals surface area contributed by atoms with Gasteiger partial charge in [0.2, 0.25) is 5.91 Å². The molecule has 1 heterocycles. The summed E-state index contributed by atoms with van der Waals surface area (Å²) in [5.74, 6) is 1.42. The van der Waals surface area contributed by atoms with E-state index < -0.39 is 0 Å². The van der Waals surface area contributed by atoms with E-state index in [0.29, 0.717) is 22.2 Å². The number of nitrogens with two attached hydrogens (primary N) is 1. The molecule has 1 amide bonds. The van der Waals surface area contributed by atoms with Gasteiger partial charge >= 0.3 is 0 Å². The summed E-state index contributed by atoms with van der Waals surface area (Å²) in [5, 5.41) is 0.677. The molecule has 3 nitrogen and oxygen atoms in total. The molecule has 0 spiro atoms. The van der Waals surface area contributed by atoms with E-state index in [4.69, 9.17) is 17.3 Å². The third-order valence-electron chi connectivity index (χ3n) is 3.09. The van der Waals surface area contributed by atoms with E-state index in [1.807, 2.05) is 23.1 Å². The lowest BCUT2D eigenvalue weighted by molar-refractivity contribution is -0.127. The Morgan fingerprint density at radius 3 is 2.78 bits per heavy atom. The van der Waals surface area contributed by atoms with Gasteiger partial charge in [-0.1, -0.05) is 17.7 Å². The van der Waals surface area contributed by atoms with Crippen LogP contribution in [0.4, 0.5) is 5.69 Å². The molecule has 1 aliphatic heterocycles. The van der Waals surface area contributed by atoms with Gasteiger partial charge in [-0.3, -0.25) is 4.79 Å². The van der Waals surface area contributed by atoms with Gasteiger partial charge in [0.05, 0.1) is 5.75 Å². The molecule has 0 aliphatic carbocycles.